The highest BCUT2D eigenvalue weighted by Crippen LogP contribution is 2.36. The molecule has 0 fully saturated rings. The zero-order chi connectivity index (χ0) is 18.2. The van der Waals surface area contributed by atoms with Crippen LogP contribution in [0.4, 0.5) is 0 Å². The molecule has 5 heteroatoms. The molecule has 0 saturated heterocycles. The average Bonchev–Trinajstić information content (AvgIpc) is 2.59. The molecule has 0 N–H and O–H groups in total. The Morgan fingerprint density at radius 3 is 2.52 bits per heavy atom. The molecule has 1 aromatic heterocycles. The van der Waals surface area contributed by atoms with E-state index in [4.69, 9.17) is 0 Å². The highest BCUT2D eigenvalue weighted by molar-refractivity contribution is 9.08. The number of hydrogen-bond acceptors (Lipinski definition) is 3. The molecule has 3 aromatic rings. The van der Waals surface area contributed by atoms with Crippen molar-refractivity contribution in [3.63, 3.8) is 0 Å². The third kappa shape index (κ3) is 3.35. The van der Waals surface area contributed by atoms with Crippen LogP contribution in [0.2, 0.25) is 0 Å². The third-order valence-corrected chi connectivity index (χ3v) is 7.46. The molecule has 0 aliphatic rings. The van der Waals surface area contributed by atoms with Gasteiger partial charge in [-0.05, 0) is 48.7 Å². The van der Waals surface area contributed by atoms with E-state index >= 15 is 0 Å². The molecule has 0 amide bonds. The van der Waals surface area contributed by atoms with Crippen molar-refractivity contribution < 1.29 is 8.42 Å². The molecular formula is C20H20BrNO2S. The Morgan fingerprint density at radius 1 is 1.08 bits per heavy atom. The van der Waals surface area contributed by atoms with Gasteiger partial charge >= 0.3 is 0 Å². The van der Waals surface area contributed by atoms with E-state index in [9.17, 15) is 8.42 Å². The van der Waals surface area contributed by atoms with E-state index < -0.39 is 14.6 Å². The number of halogens is 1. The van der Waals surface area contributed by atoms with Crippen LogP contribution in [0.3, 0.4) is 0 Å². The lowest BCUT2D eigenvalue weighted by Gasteiger charge is -2.24. The Labute approximate surface area is 157 Å². The second-order valence-electron chi connectivity index (χ2n) is 6.72. The van der Waals surface area contributed by atoms with Gasteiger partial charge in [0.05, 0.1) is 10.3 Å². The van der Waals surface area contributed by atoms with Gasteiger partial charge in [0.15, 0.2) is 9.84 Å². The van der Waals surface area contributed by atoms with Crippen molar-refractivity contribution in [3.8, 4) is 11.1 Å². The zero-order valence-corrected chi connectivity index (χ0v) is 16.9. The summed E-state index contributed by atoms with van der Waals surface area (Å²) in [5.41, 5.74) is 4.80. The third-order valence-electron chi connectivity index (χ3n) is 4.72. The standard InChI is InChI=1S/C20H20BrNO2S/c1-20(2,25(3,23)24)17-11-16-8-5-9-22-19(16)18(12-17)15-7-4-6-14(10-15)13-21/h4-12H,13H2,1-3H3. The molecule has 0 bridgehead atoms. The number of nitrogens with zero attached hydrogens (tertiary/aromatic N) is 1. The van der Waals surface area contributed by atoms with Crippen molar-refractivity contribution >= 4 is 36.7 Å². The molecule has 2 aromatic carbocycles. The van der Waals surface area contributed by atoms with E-state index in [1.807, 2.05) is 36.4 Å². The van der Waals surface area contributed by atoms with E-state index in [1.54, 1.807) is 20.0 Å². The lowest BCUT2D eigenvalue weighted by Crippen LogP contribution is -2.28. The summed E-state index contributed by atoms with van der Waals surface area (Å²) in [6.07, 6.45) is 3.05. The second-order valence-corrected chi connectivity index (χ2v) is 9.84. The van der Waals surface area contributed by atoms with Gasteiger partial charge in [-0.15, -0.1) is 0 Å². The second kappa shape index (κ2) is 6.54. The van der Waals surface area contributed by atoms with Gasteiger partial charge in [-0.25, -0.2) is 8.42 Å². The molecule has 25 heavy (non-hydrogen) atoms. The molecule has 0 aliphatic heterocycles. The number of aromatic nitrogens is 1. The summed E-state index contributed by atoms with van der Waals surface area (Å²) in [5.74, 6) is 0. The van der Waals surface area contributed by atoms with E-state index in [2.05, 4.69) is 33.0 Å². The highest BCUT2D eigenvalue weighted by Gasteiger charge is 2.33. The fourth-order valence-corrected chi connectivity index (χ4v) is 3.69. The van der Waals surface area contributed by atoms with Crippen molar-refractivity contribution in [2.45, 2.75) is 23.9 Å². The van der Waals surface area contributed by atoms with Crippen molar-refractivity contribution in [2.24, 2.45) is 0 Å². The Kier molecular flexibility index (Phi) is 4.73. The summed E-state index contributed by atoms with van der Waals surface area (Å²) in [7, 11) is -3.26. The van der Waals surface area contributed by atoms with Gasteiger partial charge in [0.25, 0.3) is 0 Å². The quantitative estimate of drug-likeness (QED) is 0.556. The minimum atomic E-state index is -3.26. The maximum Gasteiger partial charge on any atom is 0.156 e. The highest BCUT2D eigenvalue weighted by atomic mass is 79.9. The van der Waals surface area contributed by atoms with Crippen molar-refractivity contribution in [1.29, 1.82) is 0 Å². The molecule has 3 rings (SSSR count). The molecule has 0 radical (unpaired) electrons. The van der Waals surface area contributed by atoms with Crippen LogP contribution in [0, 0.1) is 0 Å². The van der Waals surface area contributed by atoms with Crippen LogP contribution < -0.4 is 0 Å². The van der Waals surface area contributed by atoms with Crippen molar-refractivity contribution in [2.75, 3.05) is 6.26 Å². The van der Waals surface area contributed by atoms with Gasteiger partial charge in [-0.1, -0.05) is 46.3 Å². The van der Waals surface area contributed by atoms with E-state index in [-0.39, 0.29) is 0 Å². The summed E-state index contributed by atoms with van der Waals surface area (Å²) in [5, 5.41) is 1.71. The minimum Gasteiger partial charge on any atom is -0.256 e. The Morgan fingerprint density at radius 2 is 1.84 bits per heavy atom. The number of pyridine rings is 1. The van der Waals surface area contributed by atoms with Crippen LogP contribution in [0.15, 0.2) is 54.7 Å². The van der Waals surface area contributed by atoms with Crippen molar-refractivity contribution in [1.82, 2.24) is 4.98 Å². The van der Waals surface area contributed by atoms with Crippen LogP contribution in [0.5, 0.6) is 0 Å². The molecule has 0 aliphatic carbocycles. The van der Waals surface area contributed by atoms with Gasteiger partial charge in [0.2, 0.25) is 0 Å². The zero-order valence-electron chi connectivity index (χ0n) is 14.5. The summed E-state index contributed by atoms with van der Waals surface area (Å²) in [6.45, 7) is 3.50. The lowest BCUT2D eigenvalue weighted by atomic mass is 9.93. The fourth-order valence-electron chi connectivity index (χ4n) is 2.80. The summed E-state index contributed by atoms with van der Waals surface area (Å²) >= 11 is 3.49. The van der Waals surface area contributed by atoms with Crippen LogP contribution >= 0.6 is 15.9 Å². The fraction of sp³-hybridized carbons (Fsp3) is 0.250. The largest absolute Gasteiger partial charge is 0.256 e. The first-order valence-electron chi connectivity index (χ1n) is 7.98. The number of fused-ring (bicyclic) bond motifs is 1. The molecule has 3 nitrogen and oxygen atoms in total. The van der Waals surface area contributed by atoms with Crippen LogP contribution in [0.25, 0.3) is 22.0 Å². The Hall–Kier alpha value is -1.72. The SMILES string of the molecule is CC(C)(c1cc(-c2cccc(CBr)c2)c2ncccc2c1)S(C)(=O)=O. The molecule has 0 atom stereocenters. The number of rotatable bonds is 4. The van der Waals surface area contributed by atoms with Gasteiger partial charge in [-0.2, -0.15) is 0 Å². The van der Waals surface area contributed by atoms with Gasteiger partial charge in [0, 0.05) is 28.7 Å². The Balaban J connectivity index is 2.34. The first kappa shape index (κ1) is 18.1. The predicted octanol–water partition coefficient (Wildman–Crippen LogP) is 5.08. The molecule has 0 unspecified atom stereocenters. The molecule has 130 valence electrons. The number of benzene rings is 2. The van der Waals surface area contributed by atoms with Crippen LogP contribution in [-0.4, -0.2) is 19.7 Å². The average molecular weight is 418 g/mol. The molecule has 0 spiro atoms. The van der Waals surface area contributed by atoms with Gasteiger partial charge < -0.3 is 0 Å². The Bertz CT molecular complexity index is 1040. The molecule has 1 heterocycles. The first-order chi connectivity index (χ1) is 11.7. The smallest absolute Gasteiger partial charge is 0.156 e. The van der Waals surface area contributed by atoms with Gasteiger partial charge in [0.1, 0.15) is 0 Å². The maximum atomic E-state index is 12.3. The normalized spacial score (nSPS) is 12.5. The van der Waals surface area contributed by atoms with Crippen LogP contribution in [-0.2, 0) is 19.9 Å². The monoisotopic (exact) mass is 417 g/mol. The topological polar surface area (TPSA) is 47.0 Å². The number of sulfone groups is 1. The lowest BCUT2D eigenvalue weighted by molar-refractivity contribution is 0.561. The molecular weight excluding hydrogens is 398 g/mol. The van der Waals surface area contributed by atoms with E-state index in [0.29, 0.717) is 0 Å². The van der Waals surface area contributed by atoms with Gasteiger partial charge in [-0.3, -0.25) is 4.98 Å². The predicted molar refractivity (Wildman–Crippen MR) is 108 cm³/mol. The molecule has 0 saturated carbocycles. The van der Waals surface area contributed by atoms with E-state index in [1.165, 1.54) is 6.26 Å². The van der Waals surface area contributed by atoms with Crippen molar-refractivity contribution in [3.05, 3.63) is 65.9 Å². The van der Waals surface area contributed by atoms with E-state index in [0.717, 1.165) is 38.5 Å². The number of alkyl halides is 1. The summed E-state index contributed by atoms with van der Waals surface area (Å²) < 4.78 is 23.7. The summed E-state index contributed by atoms with van der Waals surface area (Å²) in [4.78, 5) is 4.54. The van der Waals surface area contributed by atoms with Crippen LogP contribution in [0.1, 0.15) is 25.0 Å². The maximum absolute atomic E-state index is 12.3. The summed E-state index contributed by atoms with van der Waals surface area (Å²) in [6, 6.07) is 15.9. The minimum absolute atomic E-state index is 0.765. The number of hydrogen-bond donors (Lipinski definition) is 0. The first-order valence-corrected chi connectivity index (χ1v) is 11.0.